The standard InChI is InChI=1S/C10H18O3/c1-5-10(8(3)12)9(4)13-6-7(2)11/h9-10H,5-6H2,1-4H3. The molecule has 0 saturated carbocycles. The zero-order valence-electron chi connectivity index (χ0n) is 8.79. The highest BCUT2D eigenvalue weighted by Gasteiger charge is 2.20. The third-order valence-electron chi connectivity index (χ3n) is 2.08. The highest BCUT2D eigenvalue weighted by molar-refractivity contribution is 5.79. The number of hydrogen-bond acceptors (Lipinski definition) is 3. The fourth-order valence-electron chi connectivity index (χ4n) is 1.31. The zero-order chi connectivity index (χ0) is 10.4. The highest BCUT2D eigenvalue weighted by atomic mass is 16.5. The number of carbonyl (C=O) groups is 2. The predicted octanol–water partition coefficient (Wildman–Crippen LogP) is 1.60. The largest absolute Gasteiger partial charge is 0.370 e. The Hall–Kier alpha value is -0.700. The fraction of sp³-hybridized carbons (Fsp3) is 0.800. The second kappa shape index (κ2) is 5.86. The summed E-state index contributed by atoms with van der Waals surface area (Å²) in [5.41, 5.74) is 0. The van der Waals surface area contributed by atoms with E-state index in [4.69, 9.17) is 4.74 Å². The van der Waals surface area contributed by atoms with Gasteiger partial charge in [0.15, 0.2) is 5.78 Å². The van der Waals surface area contributed by atoms with Gasteiger partial charge in [-0.05, 0) is 27.2 Å². The maximum atomic E-state index is 11.1. The van der Waals surface area contributed by atoms with Gasteiger partial charge in [0, 0.05) is 5.92 Å². The van der Waals surface area contributed by atoms with Crippen molar-refractivity contribution < 1.29 is 14.3 Å². The first-order chi connectivity index (χ1) is 5.99. The Morgan fingerprint density at radius 1 is 1.31 bits per heavy atom. The molecule has 2 unspecified atom stereocenters. The Bertz CT molecular complexity index is 187. The molecule has 0 aromatic rings. The van der Waals surface area contributed by atoms with Crippen molar-refractivity contribution in [1.82, 2.24) is 0 Å². The summed E-state index contributed by atoms with van der Waals surface area (Å²) in [6, 6.07) is 0. The molecule has 0 aliphatic carbocycles. The van der Waals surface area contributed by atoms with Gasteiger partial charge in [-0.2, -0.15) is 0 Å². The molecule has 2 atom stereocenters. The van der Waals surface area contributed by atoms with E-state index in [1.165, 1.54) is 6.92 Å². The van der Waals surface area contributed by atoms with Crippen LogP contribution in [0.3, 0.4) is 0 Å². The smallest absolute Gasteiger partial charge is 0.155 e. The van der Waals surface area contributed by atoms with Gasteiger partial charge in [0.05, 0.1) is 6.10 Å². The summed E-state index contributed by atoms with van der Waals surface area (Å²) in [4.78, 5) is 21.7. The average Bonchev–Trinajstić information content (AvgIpc) is 2.01. The normalized spacial score (nSPS) is 15.1. The van der Waals surface area contributed by atoms with Crippen molar-refractivity contribution in [1.29, 1.82) is 0 Å². The molecular weight excluding hydrogens is 168 g/mol. The maximum Gasteiger partial charge on any atom is 0.155 e. The van der Waals surface area contributed by atoms with Crippen LogP contribution in [0.2, 0.25) is 0 Å². The lowest BCUT2D eigenvalue weighted by atomic mass is 9.96. The molecule has 0 bridgehead atoms. The number of ketones is 2. The molecule has 0 fully saturated rings. The first-order valence-electron chi connectivity index (χ1n) is 4.60. The number of Topliss-reactive ketones (excluding diaryl/α,β-unsaturated/α-hetero) is 2. The van der Waals surface area contributed by atoms with Gasteiger partial charge in [-0.1, -0.05) is 6.92 Å². The van der Waals surface area contributed by atoms with Crippen LogP contribution in [0.25, 0.3) is 0 Å². The molecule has 76 valence electrons. The molecule has 0 radical (unpaired) electrons. The van der Waals surface area contributed by atoms with E-state index in [1.54, 1.807) is 6.92 Å². The Morgan fingerprint density at radius 2 is 1.85 bits per heavy atom. The minimum atomic E-state index is -0.161. The van der Waals surface area contributed by atoms with E-state index in [2.05, 4.69) is 0 Å². The van der Waals surface area contributed by atoms with Gasteiger partial charge in [-0.3, -0.25) is 9.59 Å². The predicted molar refractivity (Wildman–Crippen MR) is 50.6 cm³/mol. The van der Waals surface area contributed by atoms with Crippen LogP contribution in [-0.2, 0) is 14.3 Å². The molecular formula is C10H18O3. The van der Waals surface area contributed by atoms with Crippen molar-refractivity contribution in [3.63, 3.8) is 0 Å². The molecule has 0 amide bonds. The van der Waals surface area contributed by atoms with E-state index in [1.807, 2.05) is 13.8 Å². The summed E-state index contributed by atoms with van der Waals surface area (Å²) in [6.07, 6.45) is 0.598. The number of rotatable bonds is 6. The number of hydrogen-bond donors (Lipinski definition) is 0. The summed E-state index contributed by atoms with van der Waals surface area (Å²) in [6.45, 7) is 6.91. The van der Waals surface area contributed by atoms with Crippen LogP contribution in [0.4, 0.5) is 0 Å². The van der Waals surface area contributed by atoms with Crippen molar-refractivity contribution in [3.8, 4) is 0 Å². The van der Waals surface area contributed by atoms with Crippen LogP contribution in [0, 0.1) is 5.92 Å². The Balaban J connectivity index is 3.98. The Labute approximate surface area is 79.5 Å². The second-order valence-corrected chi connectivity index (χ2v) is 3.34. The van der Waals surface area contributed by atoms with Gasteiger partial charge in [0.1, 0.15) is 12.4 Å². The van der Waals surface area contributed by atoms with E-state index < -0.39 is 0 Å². The number of ether oxygens (including phenoxy) is 1. The second-order valence-electron chi connectivity index (χ2n) is 3.34. The molecule has 13 heavy (non-hydrogen) atoms. The lowest BCUT2D eigenvalue weighted by molar-refractivity contribution is -0.131. The van der Waals surface area contributed by atoms with Crippen LogP contribution >= 0.6 is 0 Å². The third-order valence-corrected chi connectivity index (χ3v) is 2.08. The van der Waals surface area contributed by atoms with Crippen molar-refractivity contribution in [2.45, 2.75) is 40.2 Å². The van der Waals surface area contributed by atoms with Crippen molar-refractivity contribution in [2.24, 2.45) is 5.92 Å². The molecule has 0 heterocycles. The third kappa shape index (κ3) is 4.78. The van der Waals surface area contributed by atoms with Gasteiger partial charge in [0.2, 0.25) is 0 Å². The monoisotopic (exact) mass is 186 g/mol. The van der Waals surface area contributed by atoms with E-state index in [0.29, 0.717) is 0 Å². The first kappa shape index (κ1) is 12.3. The molecule has 0 N–H and O–H groups in total. The molecule has 0 saturated heterocycles. The summed E-state index contributed by atoms with van der Waals surface area (Å²) in [5, 5.41) is 0. The van der Waals surface area contributed by atoms with E-state index in [-0.39, 0.29) is 30.2 Å². The van der Waals surface area contributed by atoms with Crippen LogP contribution in [0.15, 0.2) is 0 Å². The molecule has 0 spiro atoms. The van der Waals surface area contributed by atoms with E-state index in [9.17, 15) is 9.59 Å². The molecule has 0 aliphatic rings. The van der Waals surface area contributed by atoms with Gasteiger partial charge < -0.3 is 4.74 Å². The summed E-state index contributed by atoms with van der Waals surface area (Å²) in [5.74, 6) is 0.0307. The molecule has 0 aromatic heterocycles. The van der Waals surface area contributed by atoms with Crippen LogP contribution in [0.1, 0.15) is 34.1 Å². The van der Waals surface area contributed by atoms with E-state index in [0.717, 1.165) is 6.42 Å². The van der Waals surface area contributed by atoms with Crippen LogP contribution in [0.5, 0.6) is 0 Å². The quantitative estimate of drug-likeness (QED) is 0.632. The summed E-state index contributed by atoms with van der Waals surface area (Å²) < 4.78 is 5.25. The SMILES string of the molecule is CCC(C(C)=O)C(C)OCC(C)=O. The van der Waals surface area contributed by atoms with Gasteiger partial charge in [-0.15, -0.1) is 0 Å². The van der Waals surface area contributed by atoms with Crippen molar-refractivity contribution >= 4 is 11.6 Å². The topological polar surface area (TPSA) is 43.4 Å². The lowest BCUT2D eigenvalue weighted by Gasteiger charge is -2.19. The maximum absolute atomic E-state index is 11.1. The molecule has 0 aliphatic heterocycles. The molecule has 0 rings (SSSR count). The van der Waals surface area contributed by atoms with Crippen molar-refractivity contribution in [3.05, 3.63) is 0 Å². The lowest BCUT2D eigenvalue weighted by Crippen LogP contribution is -2.27. The number of carbonyl (C=O) groups excluding carboxylic acids is 2. The molecule has 3 heteroatoms. The van der Waals surface area contributed by atoms with Crippen LogP contribution in [-0.4, -0.2) is 24.3 Å². The average molecular weight is 186 g/mol. The van der Waals surface area contributed by atoms with Gasteiger partial charge in [-0.25, -0.2) is 0 Å². The fourth-order valence-corrected chi connectivity index (χ4v) is 1.31. The summed E-state index contributed by atoms with van der Waals surface area (Å²) >= 11 is 0. The van der Waals surface area contributed by atoms with Gasteiger partial charge >= 0.3 is 0 Å². The minimum absolute atomic E-state index is 0.00902. The first-order valence-corrected chi connectivity index (χ1v) is 4.60. The highest BCUT2D eigenvalue weighted by Crippen LogP contribution is 2.12. The molecule has 3 nitrogen and oxygen atoms in total. The van der Waals surface area contributed by atoms with E-state index >= 15 is 0 Å². The summed E-state index contributed by atoms with van der Waals surface area (Å²) in [7, 11) is 0. The van der Waals surface area contributed by atoms with Gasteiger partial charge in [0.25, 0.3) is 0 Å². The molecule has 0 aromatic carbocycles. The van der Waals surface area contributed by atoms with Crippen LogP contribution < -0.4 is 0 Å². The Kier molecular flexibility index (Phi) is 5.55. The zero-order valence-corrected chi connectivity index (χ0v) is 8.79. The van der Waals surface area contributed by atoms with Crippen molar-refractivity contribution in [2.75, 3.05) is 6.61 Å². The minimum Gasteiger partial charge on any atom is -0.370 e. The Morgan fingerprint density at radius 3 is 2.15 bits per heavy atom.